The van der Waals surface area contributed by atoms with Crippen LogP contribution in [-0.4, -0.2) is 75.7 Å². The minimum Gasteiger partial charge on any atom is -0.807 e. The molecule has 0 aliphatic heterocycles. The summed E-state index contributed by atoms with van der Waals surface area (Å²) < 4.78 is 18.6. The molecule has 56 heavy (non-hydrogen) atoms. The van der Waals surface area contributed by atoms with Crippen LogP contribution < -0.4 is 104 Å². The molecular formula is C39H70Na3O13P. The third-order valence-corrected chi connectivity index (χ3v) is 8.52. The predicted molar refractivity (Wildman–Crippen MR) is 200 cm³/mol. The van der Waals surface area contributed by atoms with Crippen LogP contribution in [0.25, 0.3) is 0 Å². The van der Waals surface area contributed by atoms with E-state index in [0.29, 0.717) is 12.8 Å². The standard InChI is InChI=1S/C19H36O4.C19H34O4.CH3O5P.3Na/c2*1-3-4-5-6-7-8-9-10-11-12-13-14-18(21)15-19(22)16-23-17(2)20;2-1(3)7(4,5)6;;;/h3,18-19,21-22H,1,4-16H2,2H3;1,18-19,21-22H,4-16H2,2H3;(H,2,3)(H2,4,5,6);;;/q;;;3*+1/p-3. The van der Waals surface area contributed by atoms with Gasteiger partial charge in [0, 0.05) is 33.1 Å². The van der Waals surface area contributed by atoms with Gasteiger partial charge in [-0.3, -0.25) is 9.59 Å². The number of hydrogen-bond acceptors (Lipinski definition) is 13. The number of carbonyl (C=O) groups is 3. The van der Waals surface area contributed by atoms with Crippen LogP contribution in [0.4, 0.5) is 4.79 Å². The van der Waals surface area contributed by atoms with E-state index in [1.807, 2.05) is 6.08 Å². The van der Waals surface area contributed by atoms with Gasteiger partial charge in [-0.2, -0.15) is 0 Å². The van der Waals surface area contributed by atoms with Crippen LogP contribution in [0.5, 0.6) is 0 Å². The van der Waals surface area contributed by atoms with Gasteiger partial charge in [0.05, 0.1) is 30.1 Å². The van der Waals surface area contributed by atoms with Crippen LogP contribution in [0.3, 0.4) is 0 Å². The van der Waals surface area contributed by atoms with Gasteiger partial charge in [-0.1, -0.05) is 109 Å². The van der Waals surface area contributed by atoms with E-state index in [9.17, 15) is 30.0 Å². The predicted octanol–water partition coefficient (Wildman–Crippen LogP) is -4.02. The summed E-state index contributed by atoms with van der Waals surface area (Å²) in [6, 6.07) is 0. The normalized spacial score (nSPS) is 12.4. The van der Waals surface area contributed by atoms with Crippen molar-refractivity contribution in [1.82, 2.24) is 0 Å². The number of unbranched alkanes of at least 4 members (excludes halogenated alkanes) is 18. The first-order valence-corrected chi connectivity index (χ1v) is 20.9. The Morgan fingerprint density at radius 3 is 1.18 bits per heavy atom. The molecular weight excluding hydrogens is 776 g/mol. The Morgan fingerprint density at radius 2 is 0.911 bits per heavy atom. The molecule has 4 atom stereocenters. The maximum absolute atomic E-state index is 10.6. The third-order valence-electron chi connectivity index (χ3n) is 8.07. The molecule has 4 unspecified atom stereocenters. The SMILES string of the molecule is C#CCCCCCCCCCCCC(O)CC(O)COC(C)=O.C=CCCCCCCCCCCCC(O)CC(O)COC(C)=O.O=C([O-])P(=O)([O-])[O-].[Na+].[Na+].[Na+]. The topological polar surface area (TPSA) is 237 Å². The average Bonchev–Trinajstić information content (AvgIpc) is 3.08. The molecule has 4 N–H and O–H groups in total. The number of ether oxygens (including phenoxy) is 2. The molecule has 0 heterocycles. The Hall–Kier alpha value is 0.700. The van der Waals surface area contributed by atoms with Crippen molar-refractivity contribution in [3.63, 3.8) is 0 Å². The van der Waals surface area contributed by atoms with Crippen molar-refractivity contribution in [3.8, 4) is 12.3 Å². The molecule has 0 rings (SSSR count). The van der Waals surface area contributed by atoms with Crippen LogP contribution in [-0.2, 0) is 23.6 Å². The summed E-state index contributed by atoms with van der Waals surface area (Å²) in [5, 5.41) is 47.9. The van der Waals surface area contributed by atoms with Gasteiger partial charge < -0.3 is 54.2 Å². The van der Waals surface area contributed by atoms with E-state index in [0.717, 1.165) is 44.9 Å². The Labute approximate surface area is 404 Å². The van der Waals surface area contributed by atoms with Gasteiger partial charge >= 0.3 is 101 Å². The van der Waals surface area contributed by atoms with E-state index in [1.165, 1.54) is 97.3 Å². The minimum absolute atomic E-state index is 0. The quantitative estimate of drug-likeness (QED) is 0.0126. The molecule has 0 aliphatic rings. The van der Waals surface area contributed by atoms with Crippen molar-refractivity contribution in [3.05, 3.63) is 12.7 Å². The van der Waals surface area contributed by atoms with Crippen molar-refractivity contribution in [1.29, 1.82) is 0 Å². The molecule has 0 saturated carbocycles. The summed E-state index contributed by atoms with van der Waals surface area (Å²) in [5.41, 5.74) is -2.56. The number of terminal acetylenes is 1. The first-order chi connectivity index (χ1) is 25.1. The molecule has 312 valence electrons. The molecule has 13 nitrogen and oxygen atoms in total. The molecule has 0 amide bonds. The zero-order chi connectivity index (χ0) is 40.8. The van der Waals surface area contributed by atoms with Crippen LogP contribution in [0, 0.1) is 12.3 Å². The zero-order valence-electron chi connectivity index (χ0n) is 35.5. The van der Waals surface area contributed by atoms with Gasteiger partial charge in [0.1, 0.15) is 13.2 Å². The first-order valence-electron chi connectivity index (χ1n) is 19.3. The summed E-state index contributed by atoms with van der Waals surface area (Å²) in [5.74, 6) is 1.86. The van der Waals surface area contributed by atoms with E-state index in [4.69, 9.17) is 40.2 Å². The molecule has 0 aromatic heterocycles. The summed E-state index contributed by atoms with van der Waals surface area (Å²) >= 11 is 0. The average molecular weight is 847 g/mol. The molecule has 0 radical (unpaired) electrons. The number of rotatable bonds is 32. The van der Waals surface area contributed by atoms with Crippen molar-refractivity contribution in [2.45, 2.75) is 192 Å². The van der Waals surface area contributed by atoms with Crippen molar-refractivity contribution < 1.29 is 152 Å². The van der Waals surface area contributed by atoms with Gasteiger partial charge in [-0.15, -0.1) is 18.9 Å². The summed E-state index contributed by atoms with van der Waals surface area (Å²) in [4.78, 5) is 48.5. The summed E-state index contributed by atoms with van der Waals surface area (Å²) in [7, 11) is -5.43. The molecule has 0 spiro atoms. The molecule has 0 fully saturated rings. The number of aliphatic hydroxyl groups is 4. The van der Waals surface area contributed by atoms with E-state index in [-0.39, 0.29) is 115 Å². The van der Waals surface area contributed by atoms with E-state index in [1.54, 1.807) is 0 Å². The van der Waals surface area contributed by atoms with Gasteiger partial charge in [-0.25, -0.2) is 0 Å². The van der Waals surface area contributed by atoms with Crippen molar-refractivity contribution >= 4 is 25.2 Å². The smallest absolute Gasteiger partial charge is 0.807 e. The fraction of sp³-hybridized carbons (Fsp3) is 0.821. The molecule has 17 heteroatoms. The van der Waals surface area contributed by atoms with Gasteiger partial charge in [0.25, 0.3) is 0 Å². The summed E-state index contributed by atoms with van der Waals surface area (Å²) in [6.07, 6.45) is 30.5. The fourth-order valence-corrected chi connectivity index (χ4v) is 5.18. The maximum Gasteiger partial charge on any atom is 1.00 e. The maximum atomic E-state index is 10.6. The summed E-state index contributed by atoms with van der Waals surface area (Å²) in [6.45, 7) is 6.28. The second-order valence-corrected chi connectivity index (χ2v) is 14.8. The Bertz CT molecular complexity index is 996. The number of carboxylic acid groups (broad SMARTS) is 1. The molecule has 0 bridgehead atoms. The van der Waals surface area contributed by atoms with Crippen LogP contribution >= 0.6 is 7.60 Å². The van der Waals surface area contributed by atoms with Crippen LogP contribution in [0.15, 0.2) is 12.7 Å². The van der Waals surface area contributed by atoms with E-state index < -0.39 is 49.7 Å². The van der Waals surface area contributed by atoms with E-state index in [2.05, 4.69) is 12.5 Å². The number of carbonyl (C=O) groups excluding carboxylic acids is 3. The molecule has 0 aromatic rings. The number of hydrogen-bond donors (Lipinski definition) is 4. The Kier molecular flexibility index (Phi) is 61.2. The minimum atomic E-state index is -5.43. The Morgan fingerprint density at radius 1 is 0.625 bits per heavy atom. The van der Waals surface area contributed by atoms with Crippen LogP contribution in [0.1, 0.15) is 168 Å². The van der Waals surface area contributed by atoms with E-state index >= 15 is 0 Å². The zero-order valence-corrected chi connectivity index (χ0v) is 42.4. The van der Waals surface area contributed by atoms with Crippen molar-refractivity contribution in [2.24, 2.45) is 0 Å². The Balaban J connectivity index is -0.000000182. The number of allylic oxidation sites excluding steroid dienone is 1. The number of esters is 2. The van der Waals surface area contributed by atoms with Crippen molar-refractivity contribution in [2.75, 3.05) is 13.2 Å². The van der Waals surface area contributed by atoms with Gasteiger partial charge in [-0.05, 0) is 39.7 Å². The first kappa shape index (κ1) is 68.4. The second-order valence-electron chi connectivity index (χ2n) is 13.4. The fourth-order valence-electron chi connectivity index (χ4n) is 5.18. The second kappa shape index (κ2) is 50.1. The van der Waals surface area contributed by atoms with Gasteiger partial charge in [0.15, 0.2) is 0 Å². The molecule has 0 aromatic carbocycles. The number of aliphatic hydroxyl groups excluding tert-OH is 4. The van der Waals surface area contributed by atoms with Crippen LogP contribution in [0.2, 0.25) is 0 Å². The largest absolute Gasteiger partial charge is 1.00 e. The third kappa shape index (κ3) is 61.4. The molecule has 0 saturated heterocycles. The van der Waals surface area contributed by atoms with Gasteiger partial charge in [0.2, 0.25) is 0 Å². The monoisotopic (exact) mass is 846 g/mol. The molecule has 0 aliphatic carbocycles.